The summed E-state index contributed by atoms with van der Waals surface area (Å²) in [4.78, 5) is 18.4. The predicted molar refractivity (Wildman–Crippen MR) is 56.5 cm³/mol. The number of aromatic carboxylic acids is 1. The summed E-state index contributed by atoms with van der Waals surface area (Å²) >= 11 is 0. The first kappa shape index (κ1) is 10.8. The number of rotatable bonds is 3. The van der Waals surface area contributed by atoms with Gasteiger partial charge in [-0.15, -0.1) is 0 Å². The van der Waals surface area contributed by atoms with Gasteiger partial charge in [0.2, 0.25) is 0 Å². The van der Waals surface area contributed by atoms with Crippen molar-refractivity contribution in [1.82, 2.24) is 9.97 Å². The molecule has 2 heterocycles. The largest absolute Gasteiger partial charge is 0.476 e. The van der Waals surface area contributed by atoms with Crippen LogP contribution in [0.25, 0.3) is 0 Å². The minimum absolute atomic E-state index is 0.0571. The van der Waals surface area contributed by atoms with E-state index < -0.39 is 5.97 Å². The Morgan fingerprint density at radius 3 is 2.88 bits per heavy atom. The highest BCUT2D eigenvalue weighted by Crippen LogP contribution is 2.22. The van der Waals surface area contributed by atoms with Crippen LogP contribution in [0.2, 0.25) is 0 Å². The summed E-state index contributed by atoms with van der Waals surface area (Å²) in [6, 6.07) is 0. The smallest absolute Gasteiger partial charge is 0.356 e. The maximum atomic E-state index is 10.6. The van der Waals surface area contributed by atoms with Crippen molar-refractivity contribution < 1.29 is 14.6 Å². The van der Waals surface area contributed by atoms with E-state index in [-0.39, 0.29) is 11.2 Å². The van der Waals surface area contributed by atoms with Crippen LogP contribution in [0.5, 0.6) is 0 Å². The van der Waals surface area contributed by atoms with Gasteiger partial charge in [0.05, 0.1) is 24.5 Å². The first-order chi connectivity index (χ1) is 7.59. The number of hydrogen-bond donors (Lipinski definition) is 2. The van der Waals surface area contributed by atoms with Crippen LogP contribution in [0.4, 0.5) is 5.82 Å². The molecule has 16 heavy (non-hydrogen) atoms. The fourth-order valence-electron chi connectivity index (χ4n) is 1.58. The SMILES string of the molecule is CC1(Nc2cnc(C(=O)O)cn2)CCOC1. The lowest BCUT2D eigenvalue weighted by molar-refractivity contribution is 0.0690. The average molecular weight is 223 g/mol. The highest BCUT2D eigenvalue weighted by Gasteiger charge is 2.29. The van der Waals surface area contributed by atoms with Gasteiger partial charge in [0.25, 0.3) is 0 Å². The van der Waals surface area contributed by atoms with E-state index in [1.54, 1.807) is 0 Å². The number of nitrogens with one attached hydrogen (secondary N) is 1. The highest BCUT2D eigenvalue weighted by molar-refractivity contribution is 5.84. The summed E-state index contributed by atoms with van der Waals surface area (Å²) in [5, 5.41) is 11.9. The molecule has 1 aromatic heterocycles. The Labute approximate surface area is 92.7 Å². The molecule has 0 bridgehead atoms. The van der Waals surface area contributed by atoms with Crippen LogP contribution in [0.3, 0.4) is 0 Å². The molecule has 86 valence electrons. The number of hydrogen-bond acceptors (Lipinski definition) is 5. The molecule has 0 saturated carbocycles. The second-order valence-electron chi connectivity index (χ2n) is 4.08. The van der Waals surface area contributed by atoms with Gasteiger partial charge in [-0.05, 0) is 13.3 Å². The van der Waals surface area contributed by atoms with E-state index in [1.165, 1.54) is 12.4 Å². The third-order valence-electron chi connectivity index (χ3n) is 2.52. The number of carbonyl (C=O) groups is 1. The van der Waals surface area contributed by atoms with Crippen LogP contribution in [-0.2, 0) is 4.74 Å². The number of anilines is 1. The lowest BCUT2D eigenvalue weighted by Crippen LogP contribution is -2.35. The van der Waals surface area contributed by atoms with Gasteiger partial charge in [-0.3, -0.25) is 0 Å². The molecule has 0 aliphatic carbocycles. The molecule has 1 atom stereocenters. The highest BCUT2D eigenvalue weighted by atomic mass is 16.5. The molecule has 6 nitrogen and oxygen atoms in total. The number of carboxylic acids is 1. The number of aromatic nitrogens is 2. The topological polar surface area (TPSA) is 84.3 Å². The molecule has 1 unspecified atom stereocenters. The van der Waals surface area contributed by atoms with Crippen molar-refractivity contribution in [2.24, 2.45) is 0 Å². The first-order valence-electron chi connectivity index (χ1n) is 5.00. The van der Waals surface area contributed by atoms with Gasteiger partial charge in [0, 0.05) is 6.61 Å². The van der Waals surface area contributed by atoms with E-state index in [9.17, 15) is 4.79 Å². The number of ether oxygens (including phenoxy) is 1. The van der Waals surface area contributed by atoms with Crippen LogP contribution < -0.4 is 5.32 Å². The minimum atomic E-state index is -1.07. The van der Waals surface area contributed by atoms with Crippen molar-refractivity contribution in [1.29, 1.82) is 0 Å². The molecule has 1 aromatic rings. The zero-order valence-corrected chi connectivity index (χ0v) is 8.93. The predicted octanol–water partition coefficient (Wildman–Crippen LogP) is 0.766. The van der Waals surface area contributed by atoms with Gasteiger partial charge < -0.3 is 15.2 Å². The Kier molecular flexibility index (Phi) is 2.74. The molecule has 1 aliphatic rings. The molecule has 1 saturated heterocycles. The molecule has 0 radical (unpaired) electrons. The zero-order valence-electron chi connectivity index (χ0n) is 8.93. The summed E-state index contributed by atoms with van der Waals surface area (Å²) in [5.41, 5.74) is -0.197. The Morgan fingerprint density at radius 2 is 2.38 bits per heavy atom. The molecule has 0 aromatic carbocycles. The quantitative estimate of drug-likeness (QED) is 0.787. The lowest BCUT2D eigenvalue weighted by Gasteiger charge is -2.23. The van der Waals surface area contributed by atoms with Crippen molar-refractivity contribution in [2.45, 2.75) is 18.9 Å². The van der Waals surface area contributed by atoms with E-state index in [1.807, 2.05) is 6.92 Å². The van der Waals surface area contributed by atoms with Crippen molar-refractivity contribution >= 4 is 11.8 Å². The van der Waals surface area contributed by atoms with Gasteiger partial charge >= 0.3 is 5.97 Å². The summed E-state index contributed by atoms with van der Waals surface area (Å²) in [6.45, 7) is 3.38. The maximum Gasteiger partial charge on any atom is 0.356 e. The van der Waals surface area contributed by atoms with Gasteiger partial charge in [-0.1, -0.05) is 0 Å². The number of nitrogens with zero attached hydrogens (tertiary/aromatic N) is 2. The Hall–Kier alpha value is -1.69. The number of carboxylic acid groups (broad SMARTS) is 1. The third-order valence-corrected chi connectivity index (χ3v) is 2.52. The molecule has 2 N–H and O–H groups in total. The lowest BCUT2D eigenvalue weighted by atomic mass is 10.0. The van der Waals surface area contributed by atoms with E-state index >= 15 is 0 Å². The van der Waals surface area contributed by atoms with Crippen molar-refractivity contribution in [2.75, 3.05) is 18.5 Å². The molecular formula is C10H13N3O3. The van der Waals surface area contributed by atoms with Crippen LogP contribution in [0.15, 0.2) is 12.4 Å². The van der Waals surface area contributed by atoms with E-state index in [0.717, 1.165) is 13.0 Å². The monoisotopic (exact) mass is 223 g/mol. The Balaban J connectivity index is 2.07. The second kappa shape index (κ2) is 4.05. The summed E-state index contributed by atoms with van der Waals surface area (Å²) in [7, 11) is 0. The molecular weight excluding hydrogens is 210 g/mol. The molecule has 6 heteroatoms. The first-order valence-corrected chi connectivity index (χ1v) is 5.00. The fourth-order valence-corrected chi connectivity index (χ4v) is 1.58. The van der Waals surface area contributed by atoms with Gasteiger partial charge in [-0.25, -0.2) is 14.8 Å². The van der Waals surface area contributed by atoms with Crippen LogP contribution in [0, 0.1) is 0 Å². The Morgan fingerprint density at radius 1 is 1.56 bits per heavy atom. The van der Waals surface area contributed by atoms with Crippen LogP contribution >= 0.6 is 0 Å². The van der Waals surface area contributed by atoms with Gasteiger partial charge in [0.1, 0.15) is 5.82 Å². The van der Waals surface area contributed by atoms with E-state index in [4.69, 9.17) is 9.84 Å². The summed E-state index contributed by atoms with van der Waals surface area (Å²) < 4.78 is 5.29. The summed E-state index contributed by atoms with van der Waals surface area (Å²) in [6.07, 6.45) is 3.56. The average Bonchev–Trinajstić information content (AvgIpc) is 2.65. The normalized spacial score (nSPS) is 24.3. The third kappa shape index (κ3) is 2.27. The van der Waals surface area contributed by atoms with Gasteiger partial charge in [0.15, 0.2) is 5.69 Å². The van der Waals surface area contributed by atoms with Crippen molar-refractivity contribution in [3.63, 3.8) is 0 Å². The maximum absolute atomic E-state index is 10.6. The minimum Gasteiger partial charge on any atom is -0.476 e. The zero-order chi connectivity index (χ0) is 11.6. The molecule has 2 rings (SSSR count). The fraction of sp³-hybridized carbons (Fsp3) is 0.500. The molecule has 1 fully saturated rings. The summed E-state index contributed by atoms with van der Waals surface area (Å²) in [5.74, 6) is -0.507. The van der Waals surface area contributed by atoms with Gasteiger partial charge in [-0.2, -0.15) is 0 Å². The molecule has 0 spiro atoms. The Bertz CT molecular complexity index is 385. The van der Waals surface area contributed by atoms with Crippen LogP contribution in [-0.4, -0.2) is 39.8 Å². The second-order valence-corrected chi connectivity index (χ2v) is 4.08. The molecule has 0 amide bonds. The van der Waals surface area contributed by atoms with E-state index in [0.29, 0.717) is 12.4 Å². The van der Waals surface area contributed by atoms with Crippen LogP contribution in [0.1, 0.15) is 23.8 Å². The van der Waals surface area contributed by atoms with Crippen molar-refractivity contribution in [3.05, 3.63) is 18.1 Å². The van der Waals surface area contributed by atoms with E-state index in [2.05, 4.69) is 15.3 Å². The molecule has 1 aliphatic heterocycles. The van der Waals surface area contributed by atoms with Crippen molar-refractivity contribution in [3.8, 4) is 0 Å². The standard InChI is InChI=1S/C10H13N3O3/c1-10(2-3-16-6-10)13-8-5-11-7(4-12-8)9(14)15/h4-5H,2-3,6H2,1H3,(H,12,13)(H,14,15).